The first-order valence-corrected chi connectivity index (χ1v) is 7.18. The van der Waals surface area contributed by atoms with Crippen molar-refractivity contribution in [1.29, 1.82) is 0 Å². The molecule has 3 aromatic rings. The number of aromatic nitrogens is 2. The predicted molar refractivity (Wildman–Crippen MR) is 82.3 cm³/mol. The Bertz CT molecular complexity index is 1030. The number of hydrogen-bond donors (Lipinski definition) is 1. The van der Waals surface area contributed by atoms with Crippen LogP contribution >= 0.6 is 28.1 Å². The van der Waals surface area contributed by atoms with Crippen LogP contribution in [0.15, 0.2) is 39.6 Å². The quantitative estimate of drug-likeness (QED) is 0.502. The van der Waals surface area contributed by atoms with Crippen LogP contribution in [0.2, 0.25) is 0 Å². The maximum absolute atomic E-state index is 13.9. The van der Waals surface area contributed by atoms with Crippen LogP contribution in [0.5, 0.6) is 0 Å². The summed E-state index contributed by atoms with van der Waals surface area (Å²) in [5.74, 6) is -4.48. The number of nitrogens with zero attached hydrogens (tertiary/aromatic N) is 1. The molecule has 8 heteroatoms. The number of hydrogen-bond acceptors (Lipinski definition) is 2. The minimum absolute atomic E-state index is 0.121. The fourth-order valence-electron chi connectivity index (χ4n) is 2.09. The second-order valence-electron chi connectivity index (χ2n) is 4.46. The van der Waals surface area contributed by atoms with Crippen LogP contribution in [0.25, 0.3) is 16.6 Å². The van der Waals surface area contributed by atoms with Gasteiger partial charge in [0.2, 0.25) is 0 Å². The zero-order valence-electron chi connectivity index (χ0n) is 10.7. The van der Waals surface area contributed by atoms with E-state index in [1.165, 1.54) is 6.07 Å². The van der Waals surface area contributed by atoms with Gasteiger partial charge in [0.15, 0.2) is 22.2 Å². The molecule has 112 valence electrons. The van der Waals surface area contributed by atoms with Crippen molar-refractivity contribution in [3.63, 3.8) is 0 Å². The van der Waals surface area contributed by atoms with Gasteiger partial charge in [-0.15, -0.1) is 0 Å². The predicted octanol–water partition coefficient (Wildman–Crippen LogP) is 4.23. The maximum Gasteiger partial charge on any atom is 0.266 e. The van der Waals surface area contributed by atoms with Crippen molar-refractivity contribution in [2.75, 3.05) is 0 Å². The monoisotopic (exact) mass is 386 g/mol. The lowest BCUT2D eigenvalue weighted by molar-refractivity contribution is 0.444. The number of H-pyrrole nitrogens is 1. The zero-order chi connectivity index (χ0) is 16.0. The van der Waals surface area contributed by atoms with Crippen LogP contribution in [-0.4, -0.2) is 9.55 Å². The molecule has 2 aromatic carbocycles. The zero-order valence-corrected chi connectivity index (χ0v) is 13.1. The van der Waals surface area contributed by atoms with E-state index < -0.39 is 28.7 Å². The molecule has 0 atom stereocenters. The van der Waals surface area contributed by atoms with Gasteiger partial charge in [0.25, 0.3) is 5.56 Å². The maximum atomic E-state index is 13.9. The van der Waals surface area contributed by atoms with Gasteiger partial charge in [-0.05, 0) is 42.5 Å². The molecule has 0 aliphatic carbocycles. The van der Waals surface area contributed by atoms with E-state index in [4.69, 9.17) is 12.2 Å². The lowest BCUT2D eigenvalue weighted by atomic mass is 10.2. The van der Waals surface area contributed by atoms with E-state index in [9.17, 15) is 18.0 Å². The van der Waals surface area contributed by atoms with Crippen molar-refractivity contribution >= 4 is 39.1 Å². The minimum Gasteiger partial charge on any atom is -0.331 e. The van der Waals surface area contributed by atoms with E-state index in [2.05, 4.69) is 20.9 Å². The van der Waals surface area contributed by atoms with E-state index in [1.807, 2.05) is 0 Å². The molecule has 0 spiro atoms. The van der Waals surface area contributed by atoms with Gasteiger partial charge in [0.05, 0.1) is 16.6 Å². The van der Waals surface area contributed by atoms with Crippen molar-refractivity contribution in [2.24, 2.45) is 0 Å². The molecule has 0 amide bonds. The third-order valence-electron chi connectivity index (χ3n) is 3.12. The van der Waals surface area contributed by atoms with E-state index >= 15 is 0 Å². The van der Waals surface area contributed by atoms with Crippen LogP contribution in [0.3, 0.4) is 0 Å². The summed E-state index contributed by atoms with van der Waals surface area (Å²) in [6.07, 6.45) is 0. The fourth-order valence-corrected chi connectivity index (χ4v) is 2.75. The van der Waals surface area contributed by atoms with E-state index in [0.29, 0.717) is 9.99 Å². The largest absolute Gasteiger partial charge is 0.331 e. The molecule has 1 aromatic heterocycles. The number of benzene rings is 2. The normalized spacial score (nSPS) is 11.1. The van der Waals surface area contributed by atoms with Gasteiger partial charge in [-0.2, -0.15) is 0 Å². The van der Waals surface area contributed by atoms with E-state index in [1.54, 1.807) is 12.1 Å². The first kappa shape index (κ1) is 15.0. The van der Waals surface area contributed by atoms with Gasteiger partial charge in [-0.3, -0.25) is 4.79 Å². The highest BCUT2D eigenvalue weighted by atomic mass is 79.9. The van der Waals surface area contributed by atoms with Gasteiger partial charge < -0.3 is 4.98 Å². The Labute approximate surface area is 135 Å². The van der Waals surface area contributed by atoms with Crippen LogP contribution in [0, 0.1) is 22.2 Å². The highest BCUT2D eigenvalue weighted by molar-refractivity contribution is 9.10. The van der Waals surface area contributed by atoms with E-state index in [0.717, 1.165) is 16.7 Å². The molecule has 0 saturated heterocycles. The van der Waals surface area contributed by atoms with Crippen LogP contribution in [-0.2, 0) is 0 Å². The Balaban J connectivity index is 2.44. The molecule has 22 heavy (non-hydrogen) atoms. The lowest BCUT2D eigenvalue weighted by Crippen LogP contribution is -2.22. The molecule has 3 rings (SSSR count). The second-order valence-corrected chi connectivity index (χ2v) is 5.76. The molecule has 3 nitrogen and oxygen atoms in total. The molecule has 0 unspecified atom stereocenters. The van der Waals surface area contributed by atoms with E-state index in [-0.39, 0.29) is 10.2 Å². The molecule has 1 heterocycles. The van der Waals surface area contributed by atoms with Crippen LogP contribution < -0.4 is 5.56 Å². The van der Waals surface area contributed by atoms with Gasteiger partial charge in [-0.25, -0.2) is 17.7 Å². The summed E-state index contributed by atoms with van der Waals surface area (Å²) in [6.45, 7) is 0. The van der Waals surface area contributed by atoms with Gasteiger partial charge >= 0.3 is 0 Å². The van der Waals surface area contributed by atoms with Crippen LogP contribution in [0.4, 0.5) is 13.2 Å². The summed E-state index contributed by atoms with van der Waals surface area (Å²) in [5.41, 5.74) is -0.630. The summed E-state index contributed by atoms with van der Waals surface area (Å²) < 4.78 is 41.7. The summed E-state index contributed by atoms with van der Waals surface area (Å²) in [6, 6.07) is 6.55. The Kier molecular flexibility index (Phi) is 3.65. The minimum atomic E-state index is -1.66. The van der Waals surface area contributed by atoms with Crippen molar-refractivity contribution in [1.82, 2.24) is 9.55 Å². The molecular weight excluding hydrogens is 381 g/mol. The topological polar surface area (TPSA) is 37.8 Å². The van der Waals surface area contributed by atoms with Gasteiger partial charge in [-0.1, -0.05) is 15.9 Å². The van der Waals surface area contributed by atoms with Crippen LogP contribution in [0.1, 0.15) is 0 Å². The van der Waals surface area contributed by atoms with Crippen molar-refractivity contribution in [3.05, 3.63) is 67.4 Å². The molecule has 0 bridgehead atoms. The molecule has 0 fully saturated rings. The first-order chi connectivity index (χ1) is 10.4. The standard InChI is InChI=1S/C14H6BrF3N2OS/c15-6-1-3-9-7(5-6)13(21)20(14(22)19-9)10-4-2-8(16)11(17)12(10)18/h1-5H,(H,19,22). The first-order valence-electron chi connectivity index (χ1n) is 5.98. The smallest absolute Gasteiger partial charge is 0.266 e. The Morgan fingerprint density at radius 3 is 2.55 bits per heavy atom. The molecule has 0 aliphatic rings. The molecule has 0 saturated carbocycles. The third kappa shape index (κ3) is 2.28. The number of halogens is 4. The van der Waals surface area contributed by atoms with Crippen molar-refractivity contribution in [3.8, 4) is 5.69 Å². The van der Waals surface area contributed by atoms with Crippen molar-refractivity contribution < 1.29 is 13.2 Å². The molecular formula is C14H6BrF3N2OS. The molecule has 1 N–H and O–H groups in total. The Morgan fingerprint density at radius 2 is 1.82 bits per heavy atom. The molecule has 0 radical (unpaired) electrons. The summed E-state index contributed by atoms with van der Waals surface area (Å²) in [4.78, 5) is 15.3. The Hall–Kier alpha value is -1.93. The average molecular weight is 387 g/mol. The number of nitrogens with one attached hydrogen (secondary N) is 1. The van der Waals surface area contributed by atoms with Gasteiger partial charge in [0, 0.05) is 4.47 Å². The Morgan fingerprint density at radius 1 is 1.09 bits per heavy atom. The summed E-state index contributed by atoms with van der Waals surface area (Å²) >= 11 is 8.26. The summed E-state index contributed by atoms with van der Waals surface area (Å²) in [7, 11) is 0. The summed E-state index contributed by atoms with van der Waals surface area (Å²) in [5, 5.41) is 0.229. The number of fused-ring (bicyclic) bond motifs is 1. The highest BCUT2D eigenvalue weighted by Gasteiger charge is 2.17. The SMILES string of the molecule is O=c1c2cc(Br)ccc2[nH]c(=S)n1-c1ccc(F)c(F)c1F. The van der Waals surface area contributed by atoms with Gasteiger partial charge in [0.1, 0.15) is 0 Å². The van der Waals surface area contributed by atoms with Crippen molar-refractivity contribution in [2.45, 2.75) is 0 Å². The molecule has 0 aliphatic heterocycles. The fraction of sp³-hybridized carbons (Fsp3) is 0. The average Bonchev–Trinajstić information content (AvgIpc) is 2.48. The number of rotatable bonds is 1. The number of aromatic amines is 1. The highest BCUT2D eigenvalue weighted by Crippen LogP contribution is 2.20. The third-order valence-corrected chi connectivity index (χ3v) is 3.89. The lowest BCUT2D eigenvalue weighted by Gasteiger charge is -2.10. The second kappa shape index (κ2) is 5.36.